The molecule has 0 bridgehead atoms. The second-order valence-corrected chi connectivity index (χ2v) is 6.64. The maximum absolute atomic E-state index is 12.4. The Labute approximate surface area is 133 Å². The van der Waals surface area contributed by atoms with Crippen LogP contribution in [-0.4, -0.2) is 48.2 Å². The summed E-state index contributed by atoms with van der Waals surface area (Å²) < 4.78 is 0. The highest BCUT2D eigenvalue weighted by Gasteiger charge is 2.31. The zero-order valence-electron chi connectivity index (χ0n) is 13.7. The third-order valence-corrected chi connectivity index (χ3v) is 4.62. The lowest BCUT2D eigenvalue weighted by molar-refractivity contribution is -0.125. The van der Waals surface area contributed by atoms with Gasteiger partial charge in [-0.1, -0.05) is 43.2 Å². The number of nitrogens with one attached hydrogen (secondary N) is 1. The van der Waals surface area contributed by atoms with E-state index >= 15 is 0 Å². The Kier molecular flexibility index (Phi) is 5.98. The molecule has 0 spiro atoms. The van der Waals surface area contributed by atoms with Gasteiger partial charge in [0.05, 0.1) is 11.6 Å². The van der Waals surface area contributed by atoms with E-state index in [4.69, 9.17) is 0 Å². The fourth-order valence-electron chi connectivity index (χ4n) is 3.17. The van der Waals surface area contributed by atoms with Crippen LogP contribution in [0.1, 0.15) is 37.7 Å². The van der Waals surface area contributed by atoms with Crippen molar-refractivity contribution < 1.29 is 9.90 Å². The van der Waals surface area contributed by atoms with Crippen molar-refractivity contribution in [2.45, 2.75) is 50.2 Å². The Balaban J connectivity index is 1.84. The minimum atomic E-state index is -0.555. The van der Waals surface area contributed by atoms with Gasteiger partial charge in [0.2, 0.25) is 5.91 Å². The van der Waals surface area contributed by atoms with E-state index in [1.807, 2.05) is 49.3 Å². The topological polar surface area (TPSA) is 52.6 Å². The molecule has 0 aromatic heterocycles. The molecule has 2 rings (SSSR count). The summed E-state index contributed by atoms with van der Waals surface area (Å²) >= 11 is 0. The molecule has 1 aliphatic rings. The van der Waals surface area contributed by atoms with Crippen LogP contribution in [0.2, 0.25) is 0 Å². The predicted octanol–water partition coefficient (Wildman–Crippen LogP) is 1.97. The minimum Gasteiger partial charge on any atom is -0.390 e. The number of hydrogen-bond donors (Lipinski definition) is 2. The smallest absolute Gasteiger partial charge is 0.237 e. The van der Waals surface area contributed by atoms with Crippen LogP contribution in [0, 0.1) is 0 Å². The van der Waals surface area contributed by atoms with Crippen molar-refractivity contribution in [3.05, 3.63) is 35.9 Å². The zero-order chi connectivity index (χ0) is 16.0. The Morgan fingerprint density at radius 3 is 2.50 bits per heavy atom. The molecule has 0 heterocycles. The molecular formula is C18H28N2O2. The van der Waals surface area contributed by atoms with Crippen molar-refractivity contribution in [2.75, 3.05) is 20.6 Å². The summed E-state index contributed by atoms with van der Waals surface area (Å²) in [6.45, 7) is 0.550. The lowest BCUT2D eigenvalue weighted by Gasteiger charge is -2.26. The Morgan fingerprint density at radius 1 is 1.27 bits per heavy atom. The Morgan fingerprint density at radius 2 is 1.91 bits per heavy atom. The van der Waals surface area contributed by atoms with Gasteiger partial charge in [0.25, 0.3) is 0 Å². The zero-order valence-corrected chi connectivity index (χ0v) is 13.7. The molecule has 1 saturated carbocycles. The fourth-order valence-corrected chi connectivity index (χ4v) is 3.17. The number of carbonyl (C=O) groups excluding carboxylic acids is 1. The molecule has 2 N–H and O–H groups in total. The van der Waals surface area contributed by atoms with E-state index in [1.165, 1.54) is 0 Å². The summed E-state index contributed by atoms with van der Waals surface area (Å²) in [5.41, 5.74) is 0.603. The van der Waals surface area contributed by atoms with Crippen molar-refractivity contribution in [3.8, 4) is 0 Å². The summed E-state index contributed by atoms with van der Waals surface area (Å²) in [4.78, 5) is 14.4. The van der Waals surface area contributed by atoms with E-state index in [2.05, 4.69) is 5.32 Å². The maximum Gasteiger partial charge on any atom is 0.237 e. The quantitative estimate of drug-likeness (QED) is 0.810. The van der Waals surface area contributed by atoms with Gasteiger partial charge in [-0.2, -0.15) is 0 Å². The Hall–Kier alpha value is -1.39. The molecule has 122 valence electrons. The van der Waals surface area contributed by atoms with Gasteiger partial charge in [-0.15, -0.1) is 0 Å². The highest BCUT2D eigenvalue weighted by molar-refractivity contribution is 5.82. The molecule has 1 amide bonds. The van der Waals surface area contributed by atoms with Crippen LogP contribution in [-0.2, 0) is 11.2 Å². The number of nitrogens with zero attached hydrogens (tertiary/aromatic N) is 1. The summed E-state index contributed by atoms with van der Waals surface area (Å²) in [5.74, 6) is 0.0375. The van der Waals surface area contributed by atoms with Gasteiger partial charge >= 0.3 is 0 Å². The molecule has 0 radical (unpaired) electrons. The molecule has 1 aromatic rings. The van der Waals surface area contributed by atoms with Gasteiger partial charge in [0.1, 0.15) is 0 Å². The number of benzene rings is 1. The number of amides is 1. The lowest BCUT2D eigenvalue weighted by atomic mass is 9.98. The molecule has 1 fully saturated rings. The van der Waals surface area contributed by atoms with Gasteiger partial charge in [0, 0.05) is 6.54 Å². The number of hydrogen-bond acceptors (Lipinski definition) is 3. The first-order valence-electron chi connectivity index (χ1n) is 8.21. The third-order valence-electron chi connectivity index (χ3n) is 4.62. The second kappa shape index (κ2) is 7.75. The third kappa shape index (κ3) is 4.82. The highest BCUT2D eigenvalue weighted by Crippen LogP contribution is 2.31. The van der Waals surface area contributed by atoms with Crippen LogP contribution in [0.5, 0.6) is 0 Å². The van der Waals surface area contributed by atoms with Crippen LogP contribution in [0.3, 0.4) is 0 Å². The first-order chi connectivity index (χ1) is 10.5. The monoisotopic (exact) mass is 304 g/mol. The van der Waals surface area contributed by atoms with Gasteiger partial charge in [-0.3, -0.25) is 9.69 Å². The van der Waals surface area contributed by atoms with E-state index in [1.54, 1.807) is 0 Å². The first-order valence-corrected chi connectivity index (χ1v) is 8.21. The standard InChI is InChI=1S/C18H28N2O2/c1-20(2)16(14-15-8-4-3-5-9-15)17(21)19-13-12-18(22)10-6-7-11-18/h3-5,8-9,16,22H,6-7,10-14H2,1-2H3,(H,19,21)/t16-/m0/s1. The average Bonchev–Trinajstić information content (AvgIpc) is 2.92. The molecule has 0 unspecified atom stereocenters. The first kappa shape index (κ1) is 17.0. The van der Waals surface area contributed by atoms with Crippen LogP contribution in [0.25, 0.3) is 0 Å². The van der Waals surface area contributed by atoms with Crippen LogP contribution in [0.15, 0.2) is 30.3 Å². The molecule has 0 saturated heterocycles. The van der Waals surface area contributed by atoms with E-state index in [-0.39, 0.29) is 11.9 Å². The normalized spacial score (nSPS) is 18.4. The van der Waals surface area contributed by atoms with Gasteiger partial charge in [-0.25, -0.2) is 0 Å². The summed E-state index contributed by atoms with van der Waals surface area (Å²) in [7, 11) is 3.86. The molecule has 1 aromatic carbocycles. The largest absolute Gasteiger partial charge is 0.390 e. The second-order valence-electron chi connectivity index (χ2n) is 6.64. The van der Waals surface area contributed by atoms with Crippen molar-refractivity contribution in [2.24, 2.45) is 0 Å². The fraction of sp³-hybridized carbons (Fsp3) is 0.611. The molecular weight excluding hydrogens is 276 g/mol. The molecule has 1 aliphatic carbocycles. The van der Waals surface area contributed by atoms with Crippen LogP contribution in [0.4, 0.5) is 0 Å². The average molecular weight is 304 g/mol. The van der Waals surface area contributed by atoms with Gasteiger partial charge < -0.3 is 10.4 Å². The summed E-state index contributed by atoms with van der Waals surface area (Å²) in [5, 5.41) is 13.3. The number of carbonyl (C=O) groups is 1. The molecule has 22 heavy (non-hydrogen) atoms. The van der Waals surface area contributed by atoms with E-state index < -0.39 is 5.60 Å². The summed E-state index contributed by atoms with van der Waals surface area (Å²) in [6, 6.07) is 9.89. The van der Waals surface area contributed by atoms with Crippen LogP contribution < -0.4 is 5.32 Å². The van der Waals surface area contributed by atoms with Crippen molar-refractivity contribution in [3.63, 3.8) is 0 Å². The van der Waals surface area contributed by atoms with Gasteiger partial charge in [0.15, 0.2) is 0 Å². The lowest BCUT2D eigenvalue weighted by Crippen LogP contribution is -2.46. The summed E-state index contributed by atoms with van der Waals surface area (Å²) in [6.07, 6.45) is 5.28. The Bertz CT molecular complexity index is 467. The molecule has 1 atom stereocenters. The highest BCUT2D eigenvalue weighted by atomic mass is 16.3. The number of aliphatic hydroxyl groups is 1. The van der Waals surface area contributed by atoms with E-state index in [9.17, 15) is 9.90 Å². The van der Waals surface area contributed by atoms with Crippen molar-refractivity contribution >= 4 is 5.91 Å². The van der Waals surface area contributed by atoms with E-state index in [0.29, 0.717) is 19.4 Å². The number of rotatable bonds is 7. The minimum absolute atomic E-state index is 0.0375. The number of likely N-dealkylation sites (N-methyl/N-ethyl adjacent to an activating group) is 1. The molecule has 4 heteroatoms. The van der Waals surface area contributed by atoms with Crippen LogP contribution >= 0.6 is 0 Å². The van der Waals surface area contributed by atoms with E-state index in [0.717, 1.165) is 31.2 Å². The maximum atomic E-state index is 12.4. The van der Waals surface area contributed by atoms with Gasteiger partial charge in [-0.05, 0) is 45.3 Å². The molecule has 4 nitrogen and oxygen atoms in total. The van der Waals surface area contributed by atoms with Crippen molar-refractivity contribution in [1.82, 2.24) is 10.2 Å². The molecule has 0 aliphatic heterocycles. The predicted molar refractivity (Wildman–Crippen MR) is 88.7 cm³/mol. The SMILES string of the molecule is CN(C)[C@@H](Cc1ccccc1)C(=O)NCCC1(O)CCCC1. The van der Waals surface area contributed by atoms with Crippen molar-refractivity contribution in [1.29, 1.82) is 0 Å².